The van der Waals surface area contributed by atoms with Crippen LogP contribution in [0.15, 0.2) is 36.5 Å². The molecule has 9 heteroatoms. The lowest BCUT2D eigenvalue weighted by atomic mass is 9.99. The highest BCUT2D eigenvalue weighted by molar-refractivity contribution is 5.76. The second-order valence-corrected chi connectivity index (χ2v) is 12.7. The molecule has 1 aliphatic rings. The van der Waals surface area contributed by atoms with E-state index in [2.05, 4.69) is 43.5 Å². The molecule has 0 bridgehead atoms. The number of amides is 1. The lowest BCUT2D eigenvalue weighted by molar-refractivity contribution is -0.302. The van der Waals surface area contributed by atoms with E-state index >= 15 is 0 Å². The third-order valence-corrected chi connectivity index (χ3v) is 8.46. The fraction of sp³-hybridized carbons (Fsp3) is 0.811. The standard InChI is InChI=1S/C37H67NO8/c1-3-5-7-9-11-13-14-15-16-17-18-19-21-23-25-27-33(41)38-30(31(40)26-24-22-20-12-10-8-6-4-2)29-45-37-36(44)35(43)34(42)32(28-39)46-37/h11,13,15-16,24,26,30-32,34-37,39-40,42-44H,3-10,12,14,17-23,25,27-29H2,1-2H3,(H,38,41)/b13-11-,16-15-,26-24+. The van der Waals surface area contributed by atoms with Crippen LogP contribution in [0.2, 0.25) is 0 Å². The highest BCUT2D eigenvalue weighted by Crippen LogP contribution is 2.22. The number of aliphatic hydroxyl groups excluding tert-OH is 5. The van der Waals surface area contributed by atoms with Crippen LogP contribution in [0, 0.1) is 0 Å². The summed E-state index contributed by atoms with van der Waals surface area (Å²) in [5.41, 5.74) is 0. The molecule has 0 spiro atoms. The van der Waals surface area contributed by atoms with E-state index in [1.165, 1.54) is 51.4 Å². The van der Waals surface area contributed by atoms with Crippen LogP contribution in [0.5, 0.6) is 0 Å². The number of carbonyl (C=O) groups is 1. The molecule has 1 aliphatic heterocycles. The van der Waals surface area contributed by atoms with E-state index in [0.29, 0.717) is 6.42 Å². The molecule has 1 heterocycles. The predicted molar refractivity (Wildman–Crippen MR) is 184 cm³/mol. The lowest BCUT2D eigenvalue weighted by Gasteiger charge is -2.40. The van der Waals surface area contributed by atoms with E-state index in [4.69, 9.17) is 9.47 Å². The molecule has 1 rings (SSSR count). The molecule has 0 aromatic carbocycles. The van der Waals surface area contributed by atoms with Crippen molar-refractivity contribution < 1.29 is 39.8 Å². The van der Waals surface area contributed by atoms with Gasteiger partial charge in [-0.3, -0.25) is 4.79 Å². The Morgan fingerprint density at radius 2 is 1.28 bits per heavy atom. The molecule has 0 aromatic rings. The number of carbonyl (C=O) groups excluding carboxylic acids is 1. The van der Waals surface area contributed by atoms with Crippen molar-refractivity contribution in [2.24, 2.45) is 0 Å². The normalized spacial score (nSPS) is 23.5. The zero-order valence-corrected chi connectivity index (χ0v) is 28.8. The number of nitrogens with one attached hydrogen (secondary N) is 1. The summed E-state index contributed by atoms with van der Waals surface area (Å²) in [5, 5.41) is 53.6. The van der Waals surface area contributed by atoms with Gasteiger partial charge in [-0.2, -0.15) is 0 Å². The van der Waals surface area contributed by atoms with Crippen molar-refractivity contribution in [2.45, 2.75) is 179 Å². The smallest absolute Gasteiger partial charge is 0.220 e. The van der Waals surface area contributed by atoms with Crippen LogP contribution in [0.3, 0.4) is 0 Å². The number of aliphatic hydroxyl groups is 5. The molecule has 0 radical (unpaired) electrons. The summed E-state index contributed by atoms with van der Waals surface area (Å²) >= 11 is 0. The number of ether oxygens (including phenoxy) is 2. The Hall–Kier alpha value is -1.59. The van der Waals surface area contributed by atoms with E-state index in [0.717, 1.165) is 64.2 Å². The van der Waals surface area contributed by atoms with E-state index < -0.39 is 49.5 Å². The van der Waals surface area contributed by atoms with Gasteiger partial charge in [-0.15, -0.1) is 0 Å². The van der Waals surface area contributed by atoms with E-state index in [1.807, 2.05) is 6.08 Å². The SMILES string of the molecule is CCCCC/C=C\C/C=C\CCCCCCCC(=O)NC(COC1OC(CO)C(O)C(O)C1O)C(O)/C=C/CCCCCCCC. The summed E-state index contributed by atoms with van der Waals surface area (Å²) in [6.07, 6.45) is 24.8. The fourth-order valence-electron chi connectivity index (χ4n) is 5.42. The van der Waals surface area contributed by atoms with Crippen LogP contribution in [0.1, 0.15) is 136 Å². The Labute approximate surface area is 279 Å². The Balaban J connectivity index is 2.46. The Kier molecular flexibility index (Phi) is 26.2. The third kappa shape index (κ3) is 19.9. The van der Waals surface area contributed by atoms with Gasteiger partial charge in [0.1, 0.15) is 24.4 Å². The topological polar surface area (TPSA) is 149 Å². The van der Waals surface area contributed by atoms with Crippen molar-refractivity contribution in [1.82, 2.24) is 5.32 Å². The van der Waals surface area contributed by atoms with Crippen molar-refractivity contribution in [2.75, 3.05) is 13.2 Å². The van der Waals surface area contributed by atoms with Crippen molar-refractivity contribution in [3.63, 3.8) is 0 Å². The molecule has 1 amide bonds. The van der Waals surface area contributed by atoms with Crippen LogP contribution in [-0.2, 0) is 14.3 Å². The number of hydrogen-bond acceptors (Lipinski definition) is 8. The second kappa shape index (κ2) is 28.4. The Bertz CT molecular complexity index is 817. The minimum Gasteiger partial charge on any atom is -0.394 e. The Morgan fingerprint density at radius 3 is 1.91 bits per heavy atom. The predicted octanol–water partition coefficient (Wildman–Crippen LogP) is 5.77. The van der Waals surface area contributed by atoms with Gasteiger partial charge in [0, 0.05) is 6.42 Å². The number of hydrogen-bond donors (Lipinski definition) is 6. The summed E-state index contributed by atoms with van der Waals surface area (Å²) in [5.74, 6) is -0.198. The lowest BCUT2D eigenvalue weighted by Crippen LogP contribution is -2.60. The van der Waals surface area contributed by atoms with Crippen molar-refractivity contribution in [1.29, 1.82) is 0 Å². The van der Waals surface area contributed by atoms with E-state index in [9.17, 15) is 30.3 Å². The maximum Gasteiger partial charge on any atom is 0.220 e. The first-order valence-electron chi connectivity index (χ1n) is 18.2. The molecule has 0 aromatic heterocycles. The van der Waals surface area contributed by atoms with E-state index in [-0.39, 0.29) is 12.5 Å². The molecule has 0 aliphatic carbocycles. The maximum atomic E-state index is 12.8. The van der Waals surface area contributed by atoms with Crippen molar-refractivity contribution in [3.05, 3.63) is 36.5 Å². The molecule has 46 heavy (non-hydrogen) atoms. The molecule has 7 atom stereocenters. The minimum atomic E-state index is -1.57. The van der Waals surface area contributed by atoms with Gasteiger partial charge in [-0.25, -0.2) is 0 Å². The molecule has 1 fully saturated rings. The van der Waals surface area contributed by atoms with Crippen LogP contribution in [-0.4, -0.2) is 87.5 Å². The quantitative estimate of drug-likeness (QED) is 0.0461. The largest absolute Gasteiger partial charge is 0.394 e. The molecule has 7 unspecified atom stereocenters. The first-order chi connectivity index (χ1) is 22.3. The molecule has 0 saturated carbocycles. The van der Waals surface area contributed by atoms with Crippen molar-refractivity contribution in [3.8, 4) is 0 Å². The van der Waals surface area contributed by atoms with Gasteiger partial charge in [0.25, 0.3) is 0 Å². The summed E-state index contributed by atoms with van der Waals surface area (Å²) in [6.45, 7) is 3.65. The molecule has 1 saturated heterocycles. The summed E-state index contributed by atoms with van der Waals surface area (Å²) in [4.78, 5) is 12.8. The maximum absolute atomic E-state index is 12.8. The second-order valence-electron chi connectivity index (χ2n) is 12.7. The van der Waals surface area contributed by atoms with Gasteiger partial charge in [0.15, 0.2) is 6.29 Å². The van der Waals surface area contributed by atoms with E-state index in [1.54, 1.807) is 6.08 Å². The van der Waals surface area contributed by atoms with Gasteiger partial charge >= 0.3 is 0 Å². The van der Waals surface area contributed by atoms with Crippen LogP contribution >= 0.6 is 0 Å². The highest BCUT2D eigenvalue weighted by Gasteiger charge is 2.44. The summed E-state index contributed by atoms with van der Waals surface area (Å²) in [6, 6.07) is -0.807. The van der Waals surface area contributed by atoms with Crippen LogP contribution in [0.4, 0.5) is 0 Å². The average molecular weight is 654 g/mol. The Morgan fingerprint density at radius 1 is 0.739 bits per heavy atom. The van der Waals surface area contributed by atoms with Gasteiger partial charge < -0.3 is 40.3 Å². The van der Waals surface area contributed by atoms with Gasteiger partial charge in [-0.05, 0) is 51.4 Å². The summed E-state index contributed by atoms with van der Waals surface area (Å²) in [7, 11) is 0. The molecule has 268 valence electrons. The van der Waals surface area contributed by atoms with Gasteiger partial charge in [0.2, 0.25) is 5.91 Å². The first-order valence-corrected chi connectivity index (χ1v) is 18.2. The molecular formula is C37H67NO8. The number of rotatable bonds is 28. The summed E-state index contributed by atoms with van der Waals surface area (Å²) < 4.78 is 11.1. The van der Waals surface area contributed by atoms with Crippen LogP contribution in [0.25, 0.3) is 0 Å². The minimum absolute atomic E-state index is 0.195. The molecule has 6 N–H and O–H groups in total. The highest BCUT2D eigenvalue weighted by atomic mass is 16.7. The zero-order valence-electron chi connectivity index (χ0n) is 28.8. The molecule has 9 nitrogen and oxygen atoms in total. The molecular weight excluding hydrogens is 586 g/mol. The average Bonchev–Trinajstić information content (AvgIpc) is 3.05. The number of unbranched alkanes of at least 4 members (excludes halogenated alkanes) is 14. The van der Waals surface area contributed by atoms with Crippen LogP contribution < -0.4 is 5.32 Å². The monoisotopic (exact) mass is 653 g/mol. The third-order valence-electron chi connectivity index (χ3n) is 8.46. The first kappa shape index (κ1) is 42.4. The fourth-order valence-corrected chi connectivity index (χ4v) is 5.42. The van der Waals surface area contributed by atoms with Crippen molar-refractivity contribution >= 4 is 5.91 Å². The number of allylic oxidation sites excluding steroid dienone is 5. The van der Waals surface area contributed by atoms with Gasteiger partial charge in [-0.1, -0.05) is 115 Å². The zero-order chi connectivity index (χ0) is 33.8. The van der Waals surface area contributed by atoms with Gasteiger partial charge in [0.05, 0.1) is 25.4 Å².